The van der Waals surface area contributed by atoms with Crippen molar-refractivity contribution in [3.8, 4) is 11.5 Å². The smallest absolute Gasteiger partial charge is 0.247 e. The number of carbonyl (C=O) groups excluding carboxylic acids is 1. The van der Waals surface area contributed by atoms with E-state index < -0.39 is 22.0 Å². The predicted molar refractivity (Wildman–Crippen MR) is 104 cm³/mol. The normalized spacial score (nSPS) is 14.3. The summed E-state index contributed by atoms with van der Waals surface area (Å²) >= 11 is 0. The first-order valence-corrected chi connectivity index (χ1v) is 10.4. The molecule has 2 aromatic rings. The zero-order chi connectivity index (χ0) is 19.6. The Morgan fingerprint density at radius 1 is 1.11 bits per heavy atom. The van der Waals surface area contributed by atoms with Crippen LogP contribution in [0.4, 0.5) is 11.4 Å². The molecule has 0 spiro atoms. The molecule has 0 aromatic heterocycles. The Morgan fingerprint density at radius 2 is 1.81 bits per heavy atom. The van der Waals surface area contributed by atoms with E-state index in [0.29, 0.717) is 36.1 Å². The summed E-state index contributed by atoms with van der Waals surface area (Å²) in [6, 6.07) is 11.2. The minimum Gasteiger partial charge on any atom is -0.486 e. The van der Waals surface area contributed by atoms with Crippen LogP contribution in [0.5, 0.6) is 11.5 Å². The van der Waals surface area contributed by atoms with Gasteiger partial charge in [0.25, 0.3) is 0 Å². The van der Waals surface area contributed by atoms with Crippen LogP contribution in [0.15, 0.2) is 42.5 Å². The zero-order valence-electron chi connectivity index (χ0n) is 15.4. The second kappa shape index (κ2) is 7.48. The van der Waals surface area contributed by atoms with Gasteiger partial charge in [-0.05, 0) is 43.7 Å². The van der Waals surface area contributed by atoms with E-state index in [-0.39, 0.29) is 0 Å². The summed E-state index contributed by atoms with van der Waals surface area (Å²) in [5.74, 6) is 0.716. The summed E-state index contributed by atoms with van der Waals surface area (Å²) in [4.78, 5) is 12.7. The van der Waals surface area contributed by atoms with Gasteiger partial charge in [0.05, 0.1) is 11.9 Å². The molecule has 3 rings (SSSR count). The number of fused-ring (bicyclic) bond motifs is 1. The Balaban J connectivity index is 1.84. The molecule has 144 valence electrons. The van der Waals surface area contributed by atoms with E-state index in [1.807, 2.05) is 13.0 Å². The number of hydrogen-bond acceptors (Lipinski definition) is 5. The monoisotopic (exact) mass is 390 g/mol. The van der Waals surface area contributed by atoms with Gasteiger partial charge in [-0.2, -0.15) is 0 Å². The third kappa shape index (κ3) is 4.33. The summed E-state index contributed by atoms with van der Waals surface area (Å²) < 4.78 is 36.8. The van der Waals surface area contributed by atoms with Gasteiger partial charge >= 0.3 is 0 Å². The highest BCUT2D eigenvalue weighted by Gasteiger charge is 2.29. The van der Waals surface area contributed by atoms with E-state index in [2.05, 4.69) is 5.32 Å². The topological polar surface area (TPSA) is 84.9 Å². The lowest BCUT2D eigenvalue weighted by atomic mass is 10.2. The molecule has 1 aliphatic heterocycles. The van der Waals surface area contributed by atoms with Crippen molar-refractivity contribution in [1.82, 2.24) is 0 Å². The Labute approximate surface area is 158 Å². The SMILES string of the molecule is Cc1cccc(N([C@H](C)C(=O)Nc2ccc3c(c2)OCCO3)S(C)(=O)=O)c1. The third-order valence-electron chi connectivity index (χ3n) is 4.15. The molecule has 0 bridgehead atoms. The van der Waals surface area contributed by atoms with E-state index >= 15 is 0 Å². The molecule has 1 amide bonds. The van der Waals surface area contributed by atoms with Gasteiger partial charge in [-0.1, -0.05) is 12.1 Å². The van der Waals surface area contributed by atoms with Gasteiger partial charge in [-0.15, -0.1) is 0 Å². The van der Waals surface area contributed by atoms with Crippen molar-refractivity contribution in [1.29, 1.82) is 0 Å². The van der Waals surface area contributed by atoms with Crippen LogP contribution in [-0.2, 0) is 14.8 Å². The maximum absolute atomic E-state index is 12.7. The molecule has 1 atom stereocenters. The molecule has 0 saturated heterocycles. The van der Waals surface area contributed by atoms with Crippen LogP contribution in [0.1, 0.15) is 12.5 Å². The lowest BCUT2D eigenvalue weighted by molar-refractivity contribution is -0.116. The number of amides is 1. The van der Waals surface area contributed by atoms with E-state index in [1.54, 1.807) is 43.3 Å². The van der Waals surface area contributed by atoms with E-state index in [9.17, 15) is 13.2 Å². The maximum Gasteiger partial charge on any atom is 0.247 e. The number of carbonyl (C=O) groups is 1. The summed E-state index contributed by atoms with van der Waals surface area (Å²) in [7, 11) is -3.66. The minimum atomic E-state index is -3.66. The van der Waals surface area contributed by atoms with Crippen LogP contribution in [0.3, 0.4) is 0 Å². The summed E-state index contributed by atoms with van der Waals surface area (Å²) in [5.41, 5.74) is 1.86. The molecule has 7 nitrogen and oxygen atoms in total. The first-order chi connectivity index (χ1) is 12.8. The fraction of sp³-hybridized carbons (Fsp3) is 0.316. The first-order valence-electron chi connectivity index (χ1n) is 8.52. The standard InChI is InChI=1S/C19H22N2O5S/c1-13-5-4-6-16(11-13)21(27(3,23)24)14(2)19(22)20-15-7-8-17-18(12-15)26-10-9-25-17/h4-8,11-12,14H,9-10H2,1-3H3,(H,20,22)/t14-/m1/s1. The van der Waals surface area contributed by atoms with Gasteiger partial charge in [0.15, 0.2) is 11.5 Å². The fourth-order valence-electron chi connectivity index (χ4n) is 2.94. The third-order valence-corrected chi connectivity index (χ3v) is 5.40. The molecule has 1 heterocycles. The highest BCUT2D eigenvalue weighted by Crippen LogP contribution is 2.32. The van der Waals surface area contributed by atoms with Crippen molar-refractivity contribution < 1.29 is 22.7 Å². The molecule has 27 heavy (non-hydrogen) atoms. The largest absolute Gasteiger partial charge is 0.486 e. The van der Waals surface area contributed by atoms with Crippen molar-refractivity contribution in [2.75, 3.05) is 29.1 Å². The lowest BCUT2D eigenvalue weighted by Crippen LogP contribution is -2.45. The van der Waals surface area contributed by atoms with Crippen molar-refractivity contribution in [3.05, 3.63) is 48.0 Å². The number of benzene rings is 2. The quantitative estimate of drug-likeness (QED) is 0.848. The van der Waals surface area contributed by atoms with Crippen molar-refractivity contribution >= 4 is 27.3 Å². The van der Waals surface area contributed by atoms with Crippen LogP contribution < -0.4 is 19.1 Å². The molecule has 0 fully saturated rings. The number of rotatable bonds is 5. The minimum absolute atomic E-state index is 0.440. The van der Waals surface area contributed by atoms with Gasteiger partial charge < -0.3 is 14.8 Å². The number of hydrogen-bond donors (Lipinski definition) is 1. The van der Waals surface area contributed by atoms with Crippen molar-refractivity contribution in [2.24, 2.45) is 0 Å². The molecular formula is C19H22N2O5S. The lowest BCUT2D eigenvalue weighted by Gasteiger charge is -2.28. The van der Waals surface area contributed by atoms with Crippen LogP contribution in [0.2, 0.25) is 0 Å². The number of ether oxygens (including phenoxy) is 2. The van der Waals surface area contributed by atoms with Gasteiger partial charge in [-0.25, -0.2) is 8.42 Å². The second-order valence-electron chi connectivity index (χ2n) is 6.42. The summed E-state index contributed by atoms with van der Waals surface area (Å²) in [5, 5.41) is 2.75. The maximum atomic E-state index is 12.7. The average Bonchev–Trinajstić information content (AvgIpc) is 2.60. The average molecular weight is 390 g/mol. The van der Waals surface area contributed by atoms with Gasteiger partial charge in [-0.3, -0.25) is 9.10 Å². The van der Waals surface area contributed by atoms with Crippen LogP contribution in [0.25, 0.3) is 0 Å². The molecule has 1 aliphatic rings. The number of aryl methyl sites for hydroxylation is 1. The molecule has 1 N–H and O–H groups in total. The Hall–Kier alpha value is -2.74. The van der Waals surface area contributed by atoms with Gasteiger partial charge in [0, 0.05) is 11.8 Å². The number of nitrogens with one attached hydrogen (secondary N) is 1. The fourth-order valence-corrected chi connectivity index (χ4v) is 4.11. The highest BCUT2D eigenvalue weighted by atomic mass is 32.2. The van der Waals surface area contributed by atoms with Crippen molar-refractivity contribution in [2.45, 2.75) is 19.9 Å². The Bertz CT molecular complexity index is 958. The molecule has 0 aliphatic carbocycles. The molecule has 0 saturated carbocycles. The zero-order valence-corrected chi connectivity index (χ0v) is 16.2. The Morgan fingerprint density at radius 3 is 2.48 bits per heavy atom. The second-order valence-corrected chi connectivity index (χ2v) is 8.28. The van der Waals surface area contributed by atoms with Gasteiger partial charge in [0.1, 0.15) is 19.3 Å². The summed E-state index contributed by atoms with van der Waals surface area (Å²) in [6.45, 7) is 4.34. The van der Waals surface area contributed by atoms with E-state index in [0.717, 1.165) is 16.1 Å². The predicted octanol–water partition coefficient (Wildman–Crippen LogP) is 2.56. The van der Waals surface area contributed by atoms with Crippen LogP contribution >= 0.6 is 0 Å². The molecular weight excluding hydrogens is 368 g/mol. The number of anilines is 2. The highest BCUT2D eigenvalue weighted by molar-refractivity contribution is 7.92. The molecule has 0 radical (unpaired) electrons. The van der Waals surface area contributed by atoms with Gasteiger partial charge in [0.2, 0.25) is 15.9 Å². The van der Waals surface area contributed by atoms with Crippen LogP contribution in [-0.4, -0.2) is 39.8 Å². The number of sulfonamides is 1. The first kappa shape index (κ1) is 19.0. The molecule has 2 aromatic carbocycles. The van der Waals surface area contributed by atoms with Crippen molar-refractivity contribution in [3.63, 3.8) is 0 Å². The number of nitrogens with zero attached hydrogens (tertiary/aromatic N) is 1. The Kier molecular flexibility index (Phi) is 5.27. The summed E-state index contributed by atoms with van der Waals surface area (Å²) in [6.07, 6.45) is 1.09. The van der Waals surface area contributed by atoms with E-state index in [4.69, 9.17) is 9.47 Å². The molecule has 0 unspecified atom stereocenters. The molecule has 8 heteroatoms. The van der Waals surface area contributed by atoms with E-state index in [1.165, 1.54) is 0 Å². The van der Waals surface area contributed by atoms with Crippen LogP contribution in [0, 0.1) is 6.92 Å².